The van der Waals surface area contributed by atoms with Gasteiger partial charge in [-0.1, -0.05) is 47.6 Å². The lowest BCUT2D eigenvalue weighted by atomic mass is 10.2. The molecule has 0 spiro atoms. The molecule has 0 bridgehead atoms. The molecular weight excluding hydrogens is 518 g/mol. The number of carbonyl (C=O) groups excluding carboxylic acids is 1. The van der Waals surface area contributed by atoms with Gasteiger partial charge in [0.25, 0.3) is 0 Å². The monoisotopic (exact) mass is 544 g/mol. The van der Waals surface area contributed by atoms with E-state index in [0.717, 1.165) is 0 Å². The fourth-order valence-corrected chi connectivity index (χ4v) is 5.60. The van der Waals surface area contributed by atoms with Crippen molar-refractivity contribution >= 4 is 46.5 Å². The number of carbonyl (C=O) groups is 1. The van der Waals surface area contributed by atoms with Crippen molar-refractivity contribution in [2.75, 3.05) is 72.8 Å². The van der Waals surface area contributed by atoms with Gasteiger partial charge in [0.1, 0.15) is 22.6 Å². The summed E-state index contributed by atoms with van der Waals surface area (Å²) >= 11 is 7.54. The number of hydrogen-bond acceptors (Lipinski definition) is 7. The number of amides is 1. The molecule has 0 aliphatic carbocycles. The number of para-hydroxylation sites is 2. The van der Waals surface area contributed by atoms with Gasteiger partial charge >= 0.3 is 0 Å². The van der Waals surface area contributed by atoms with Crippen molar-refractivity contribution in [1.82, 2.24) is 14.9 Å². The maximum absolute atomic E-state index is 14.2. The molecule has 2 fully saturated rings. The van der Waals surface area contributed by atoms with Crippen LogP contribution in [0.3, 0.4) is 0 Å². The highest BCUT2D eigenvalue weighted by Crippen LogP contribution is 2.26. The molecule has 37 heavy (non-hydrogen) atoms. The smallest absolute Gasteiger partial charge is 0.233 e. The summed E-state index contributed by atoms with van der Waals surface area (Å²) < 4.78 is 28.2. The molecule has 0 saturated carbocycles. The van der Waals surface area contributed by atoms with Gasteiger partial charge in [-0.25, -0.2) is 18.7 Å². The molecule has 5 rings (SSSR count). The van der Waals surface area contributed by atoms with Crippen molar-refractivity contribution in [1.29, 1.82) is 0 Å². The SMILES string of the molecule is O=C(CSc1nc(Cl)cc(N2CCN(c3ccccc3F)CC2)n1)N1CCN(c2ccccc2F)CC1. The zero-order valence-electron chi connectivity index (χ0n) is 20.2. The van der Waals surface area contributed by atoms with Crippen molar-refractivity contribution in [2.45, 2.75) is 5.16 Å². The molecule has 3 aromatic rings. The highest BCUT2D eigenvalue weighted by Gasteiger charge is 2.24. The summed E-state index contributed by atoms with van der Waals surface area (Å²) in [7, 11) is 0. The van der Waals surface area contributed by atoms with Crippen LogP contribution >= 0.6 is 23.4 Å². The number of hydrogen-bond donors (Lipinski definition) is 0. The fraction of sp³-hybridized carbons (Fsp3) is 0.346. The van der Waals surface area contributed by atoms with Gasteiger partial charge in [0, 0.05) is 58.4 Å². The minimum Gasteiger partial charge on any atom is -0.366 e. The van der Waals surface area contributed by atoms with E-state index in [-0.39, 0.29) is 23.3 Å². The molecule has 1 amide bonds. The van der Waals surface area contributed by atoms with Crippen LogP contribution in [0.2, 0.25) is 5.15 Å². The topological polar surface area (TPSA) is 55.8 Å². The van der Waals surface area contributed by atoms with Crippen LogP contribution in [0.15, 0.2) is 59.8 Å². The molecule has 2 saturated heterocycles. The number of thioether (sulfide) groups is 1. The van der Waals surface area contributed by atoms with Gasteiger partial charge in [0.05, 0.1) is 17.1 Å². The third-order valence-electron chi connectivity index (χ3n) is 6.61. The van der Waals surface area contributed by atoms with Gasteiger partial charge in [-0.2, -0.15) is 0 Å². The number of nitrogens with zero attached hydrogens (tertiary/aromatic N) is 6. The second-order valence-electron chi connectivity index (χ2n) is 8.86. The predicted molar refractivity (Wildman–Crippen MR) is 144 cm³/mol. The summed E-state index contributed by atoms with van der Waals surface area (Å²) in [6, 6.07) is 15.2. The van der Waals surface area contributed by atoms with E-state index in [1.807, 2.05) is 21.9 Å². The zero-order chi connectivity index (χ0) is 25.8. The summed E-state index contributed by atoms with van der Waals surface area (Å²) in [4.78, 5) is 29.6. The van der Waals surface area contributed by atoms with Crippen LogP contribution in [0.25, 0.3) is 0 Å². The van der Waals surface area contributed by atoms with Crippen LogP contribution in [0.5, 0.6) is 0 Å². The van der Waals surface area contributed by atoms with E-state index in [0.29, 0.717) is 79.9 Å². The highest BCUT2D eigenvalue weighted by atomic mass is 35.5. The van der Waals surface area contributed by atoms with Crippen LogP contribution in [-0.2, 0) is 4.79 Å². The van der Waals surface area contributed by atoms with Crippen molar-refractivity contribution < 1.29 is 13.6 Å². The molecule has 1 aromatic heterocycles. The number of rotatable bonds is 6. The van der Waals surface area contributed by atoms with Crippen LogP contribution in [0.4, 0.5) is 26.0 Å². The minimum absolute atomic E-state index is 0.0122. The Hall–Kier alpha value is -3.11. The molecule has 2 aromatic carbocycles. The summed E-state index contributed by atoms with van der Waals surface area (Å²) in [5, 5.41) is 0.757. The molecule has 0 atom stereocenters. The Labute approximate surface area is 224 Å². The van der Waals surface area contributed by atoms with E-state index < -0.39 is 0 Å². The van der Waals surface area contributed by atoms with Crippen LogP contribution < -0.4 is 14.7 Å². The minimum atomic E-state index is -0.250. The second kappa shape index (κ2) is 11.5. The van der Waals surface area contributed by atoms with Crippen LogP contribution in [0.1, 0.15) is 0 Å². The van der Waals surface area contributed by atoms with Crippen molar-refractivity contribution in [3.05, 3.63) is 71.4 Å². The largest absolute Gasteiger partial charge is 0.366 e. The average molecular weight is 545 g/mol. The van der Waals surface area contributed by atoms with Gasteiger partial charge in [0.2, 0.25) is 5.91 Å². The predicted octanol–water partition coefficient (Wildman–Crippen LogP) is 4.18. The van der Waals surface area contributed by atoms with E-state index >= 15 is 0 Å². The van der Waals surface area contributed by atoms with Crippen molar-refractivity contribution in [3.63, 3.8) is 0 Å². The number of anilines is 3. The lowest BCUT2D eigenvalue weighted by Crippen LogP contribution is -2.49. The van der Waals surface area contributed by atoms with Crippen molar-refractivity contribution in [3.8, 4) is 0 Å². The molecule has 11 heteroatoms. The van der Waals surface area contributed by atoms with E-state index in [1.165, 1.54) is 23.9 Å². The third-order valence-corrected chi connectivity index (χ3v) is 7.63. The van der Waals surface area contributed by atoms with E-state index in [2.05, 4.69) is 14.9 Å². The van der Waals surface area contributed by atoms with Gasteiger partial charge in [-0.05, 0) is 24.3 Å². The molecule has 3 heterocycles. The summed E-state index contributed by atoms with van der Waals surface area (Å²) in [5.74, 6) is 0.405. The molecule has 0 radical (unpaired) electrons. The van der Waals surface area contributed by atoms with Crippen LogP contribution in [-0.4, -0.2) is 78.9 Å². The van der Waals surface area contributed by atoms with Crippen LogP contribution in [0, 0.1) is 11.6 Å². The normalized spacial score (nSPS) is 16.3. The standard InChI is InChI=1S/C26H27ClF2N6OS/c27-23-17-24(34-13-9-32(10-14-34)21-7-3-1-5-19(21)28)31-26(30-23)37-18-25(36)35-15-11-33(12-16-35)22-8-4-2-6-20(22)29/h1-8,17H,9-16,18H2. The summed E-state index contributed by atoms with van der Waals surface area (Å²) in [6.45, 7) is 4.85. The average Bonchev–Trinajstić information content (AvgIpc) is 2.92. The van der Waals surface area contributed by atoms with E-state index in [9.17, 15) is 13.6 Å². The van der Waals surface area contributed by atoms with Gasteiger partial charge in [-0.15, -0.1) is 0 Å². The lowest BCUT2D eigenvalue weighted by molar-refractivity contribution is -0.128. The molecular formula is C26H27ClF2N6OS. The maximum Gasteiger partial charge on any atom is 0.233 e. The molecule has 2 aliphatic rings. The molecule has 2 aliphatic heterocycles. The first-order valence-corrected chi connectivity index (χ1v) is 13.5. The van der Waals surface area contributed by atoms with Gasteiger partial charge in [-0.3, -0.25) is 4.79 Å². The first-order valence-electron chi connectivity index (χ1n) is 12.2. The number of piperazine rings is 2. The third kappa shape index (κ3) is 6.07. The highest BCUT2D eigenvalue weighted by molar-refractivity contribution is 7.99. The first kappa shape index (κ1) is 25.5. The Morgan fingerprint density at radius 1 is 0.784 bits per heavy atom. The Balaban J connectivity index is 1.14. The fourth-order valence-electron chi connectivity index (χ4n) is 4.62. The Kier molecular flexibility index (Phi) is 7.95. The Morgan fingerprint density at radius 2 is 1.30 bits per heavy atom. The number of aromatic nitrogens is 2. The van der Waals surface area contributed by atoms with Crippen molar-refractivity contribution in [2.24, 2.45) is 0 Å². The second-order valence-corrected chi connectivity index (χ2v) is 10.2. The summed E-state index contributed by atoms with van der Waals surface area (Å²) in [6.07, 6.45) is 0. The van der Waals surface area contributed by atoms with Gasteiger partial charge < -0.3 is 19.6 Å². The maximum atomic E-state index is 14.2. The van der Waals surface area contributed by atoms with Gasteiger partial charge in [0.15, 0.2) is 5.16 Å². The first-order chi connectivity index (χ1) is 18.0. The lowest BCUT2D eigenvalue weighted by Gasteiger charge is -2.37. The quantitative estimate of drug-likeness (QED) is 0.262. The number of halogens is 3. The summed E-state index contributed by atoms with van der Waals surface area (Å²) in [5.41, 5.74) is 1.17. The Bertz CT molecular complexity index is 1250. The Morgan fingerprint density at radius 3 is 1.86 bits per heavy atom. The molecule has 0 N–H and O–H groups in total. The van der Waals surface area contributed by atoms with E-state index in [4.69, 9.17) is 11.6 Å². The number of benzene rings is 2. The van der Waals surface area contributed by atoms with E-state index in [1.54, 1.807) is 35.2 Å². The molecule has 7 nitrogen and oxygen atoms in total. The molecule has 194 valence electrons. The molecule has 0 unspecified atom stereocenters. The zero-order valence-corrected chi connectivity index (χ0v) is 21.8.